The second-order valence-corrected chi connectivity index (χ2v) is 7.87. The second kappa shape index (κ2) is 9.39. The number of fused-ring (bicyclic) bond motifs is 1. The third kappa shape index (κ3) is 4.96. The first-order valence-corrected chi connectivity index (χ1v) is 10.0. The van der Waals surface area contributed by atoms with Crippen LogP contribution in [0.5, 0.6) is 0 Å². The number of aliphatic carboxylic acids is 2. The summed E-state index contributed by atoms with van der Waals surface area (Å²) in [6, 6.07) is -5.57. The van der Waals surface area contributed by atoms with Gasteiger partial charge in [-0.15, -0.1) is 0 Å². The molecule has 1 aromatic rings. The smallest absolute Gasteiger partial charge is 0.326 e. The highest BCUT2D eigenvalue weighted by Crippen LogP contribution is 2.40. The van der Waals surface area contributed by atoms with Crippen LogP contribution in [0.15, 0.2) is 30.2 Å². The Morgan fingerprint density at radius 2 is 1.90 bits per heavy atom. The molecule has 1 saturated carbocycles. The highest BCUT2D eigenvalue weighted by Gasteiger charge is 2.48. The number of nitrogens with one attached hydrogen (secondary N) is 1. The standard InChI is InChI=1S/C22H30N2O5/c1-14(23-17(21(26)27)12-11-15-7-3-2-4-8-15)20(25)24-18-10-6-5-9-16(18)13-19(24)22(28)29/h2-4,7-8,14,16-19,23H,5-6,9-13H2,1H3,(H,26,27)(H,28,29)/t14-,16+,17+,18-,19-/m0/s1/i2D,3D,4D,7D,8D. The van der Waals surface area contributed by atoms with E-state index in [1.54, 1.807) is 0 Å². The number of amides is 1. The van der Waals surface area contributed by atoms with Crippen LogP contribution >= 0.6 is 0 Å². The van der Waals surface area contributed by atoms with Crippen molar-refractivity contribution in [2.24, 2.45) is 5.92 Å². The van der Waals surface area contributed by atoms with Crippen molar-refractivity contribution < 1.29 is 31.5 Å². The topological polar surface area (TPSA) is 107 Å². The van der Waals surface area contributed by atoms with E-state index in [1.165, 1.54) is 11.8 Å². The van der Waals surface area contributed by atoms with Gasteiger partial charge in [0.1, 0.15) is 12.1 Å². The molecule has 1 aromatic carbocycles. The number of carboxylic acid groups (broad SMARTS) is 2. The molecule has 1 aliphatic heterocycles. The van der Waals surface area contributed by atoms with E-state index in [1.807, 2.05) is 0 Å². The van der Waals surface area contributed by atoms with Gasteiger partial charge in [-0.25, -0.2) is 4.79 Å². The number of benzene rings is 1. The molecule has 7 heteroatoms. The molecule has 7 nitrogen and oxygen atoms in total. The van der Waals surface area contributed by atoms with E-state index in [0.29, 0.717) is 6.42 Å². The first-order chi connectivity index (χ1) is 16.0. The lowest BCUT2D eigenvalue weighted by Gasteiger charge is -2.35. The Morgan fingerprint density at radius 1 is 1.21 bits per heavy atom. The minimum absolute atomic E-state index is 0.00793. The number of carbonyl (C=O) groups excluding carboxylic acids is 1. The molecular formula is C22H30N2O5. The number of hydrogen-bond acceptors (Lipinski definition) is 4. The van der Waals surface area contributed by atoms with Crippen molar-refractivity contribution in [1.82, 2.24) is 10.2 Å². The Hall–Kier alpha value is -2.41. The molecule has 29 heavy (non-hydrogen) atoms. The van der Waals surface area contributed by atoms with Crippen molar-refractivity contribution in [2.75, 3.05) is 0 Å². The zero-order chi connectivity index (χ0) is 25.3. The first kappa shape index (κ1) is 15.4. The van der Waals surface area contributed by atoms with E-state index in [0.717, 1.165) is 25.7 Å². The Bertz CT molecular complexity index is 962. The Balaban J connectivity index is 1.74. The van der Waals surface area contributed by atoms with Crippen molar-refractivity contribution >= 4 is 17.8 Å². The fourth-order valence-corrected chi connectivity index (χ4v) is 4.56. The van der Waals surface area contributed by atoms with Crippen LogP contribution in [-0.4, -0.2) is 57.1 Å². The summed E-state index contributed by atoms with van der Waals surface area (Å²) in [5.74, 6) is -2.65. The third-order valence-electron chi connectivity index (χ3n) is 5.98. The number of carbonyl (C=O) groups is 3. The molecule has 2 fully saturated rings. The van der Waals surface area contributed by atoms with Gasteiger partial charge in [-0.2, -0.15) is 0 Å². The van der Waals surface area contributed by atoms with E-state index in [4.69, 9.17) is 6.85 Å². The molecule has 2 aliphatic rings. The van der Waals surface area contributed by atoms with Gasteiger partial charge in [-0.1, -0.05) is 43.1 Å². The molecule has 158 valence electrons. The van der Waals surface area contributed by atoms with Gasteiger partial charge in [-0.05, 0) is 50.5 Å². The largest absolute Gasteiger partial charge is 0.480 e. The van der Waals surface area contributed by atoms with E-state index >= 15 is 0 Å². The fraction of sp³-hybridized carbons (Fsp3) is 0.591. The summed E-state index contributed by atoms with van der Waals surface area (Å²) in [7, 11) is 0. The van der Waals surface area contributed by atoms with Gasteiger partial charge in [0, 0.05) is 6.04 Å². The lowest BCUT2D eigenvalue weighted by molar-refractivity contribution is -0.151. The van der Waals surface area contributed by atoms with E-state index in [2.05, 4.69) is 5.32 Å². The van der Waals surface area contributed by atoms with Gasteiger partial charge in [-0.3, -0.25) is 14.9 Å². The van der Waals surface area contributed by atoms with Crippen LogP contribution in [0.3, 0.4) is 0 Å². The van der Waals surface area contributed by atoms with Crippen molar-refractivity contribution in [3.05, 3.63) is 35.8 Å². The number of rotatable bonds is 8. The Kier molecular flexibility index (Phi) is 5.00. The van der Waals surface area contributed by atoms with Crippen LogP contribution in [0.25, 0.3) is 0 Å². The van der Waals surface area contributed by atoms with E-state index < -0.39 is 54.1 Å². The number of carboxylic acids is 2. The average molecular weight is 408 g/mol. The molecule has 0 radical (unpaired) electrons. The maximum atomic E-state index is 13.3. The summed E-state index contributed by atoms with van der Waals surface area (Å²) in [5, 5.41) is 22.1. The molecule has 1 amide bonds. The monoisotopic (exact) mass is 407 g/mol. The van der Waals surface area contributed by atoms with Gasteiger partial charge in [0.05, 0.1) is 12.9 Å². The highest BCUT2D eigenvalue weighted by atomic mass is 16.4. The maximum absolute atomic E-state index is 13.3. The summed E-state index contributed by atoms with van der Waals surface area (Å²) in [6.07, 6.45) is 3.69. The Morgan fingerprint density at radius 3 is 2.55 bits per heavy atom. The van der Waals surface area contributed by atoms with Crippen LogP contribution in [0.1, 0.15) is 57.9 Å². The molecule has 3 N–H and O–H groups in total. The average Bonchev–Trinajstić information content (AvgIpc) is 3.19. The summed E-state index contributed by atoms with van der Waals surface area (Å²) in [6.45, 7) is 1.50. The molecule has 1 aliphatic carbocycles. The lowest BCUT2D eigenvalue weighted by atomic mass is 9.84. The van der Waals surface area contributed by atoms with Crippen molar-refractivity contribution in [1.29, 1.82) is 0 Å². The van der Waals surface area contributed by atoms with Gasteiger partial charge < -0.3 is 15.1 Å². The summed E-state index contributed by atoms with van der Waals surface area (Å²) in [5.41, 5.74) is 0.00793. The summed E-state index contributed by atoms with van der Waals surface area (Å²) in [4.78, 5) is 38.4. The minimum atomic E-state index is -1.25. The molecule has 0 aromatic heterocycles. The maximum Gasteiger partial charge on any atom is 0.326 e. The lowest BCUT2D eigenvalue weighted by Crippen LogP contribution is -2.55. The Labute approximate surface area is 178 Å². The van der Waals surface area contributed by atoms with Gasteiger partial charge in [0.2, 0.25) is 5.91 Å². The zero-order valence-corrected chi connectivity index (χ0v) is 16.4. The van der Waals surface area contributed by atoms with Crippen molar-refractivity contribution in [2.45, 2.75) is 76.0 Å². The SMILES string of the molecule is [2H]c1c([2H])c([2H])c(CC[C@@H](N[C@@H](C)C(=O)N2[C@H](C(=O)O)C[C@H]3CCCC[C@@H]32)C(=O)O)c([2H])c1[2H]. The molecule has 3 rings (SSSR count). The molecule has 1 saturated heterocycles. The number of likely N-dealkylation sites (tertiary alicyclic amines) is 1. The molecule has 0 bridgehead atoms. The van der Waals surface area contributed by atoms with Crippen molar-refractivity contribution in [3.63, 3.8) is 0 Å². The molecule has 1 heterocycles. The predicted octanol–water partition coefficient (Wildman–Crippen LogP) is 2.29. The fourth-order valence-electron chi connectivity index (χ4n) is 4.56. The van der Waals surface area contributed by atoms with E-state index in [-0.39, 0.29) is 42.4 Å². The van der Waals surface area contributed by atoms with Gasteiger partial charge in [0.25, 0.3) is 0 Å². The molecule has 0 spiro atoms. The quantitative estimate of drug-likeness (QED) is 0.610. The van der Waals surface area contributed by atoms with Gasteiger partial charge in [0.15, 0.2) is 0 Å². The van der Waals surface area contributed by atoms with Crippen LogP contribution in [-0.2, 0) is 20.8 Å². The molecular weight excluding hydrogens is 372 g/mol. The minimum Gasteiger partial charge on any atom is -0.480 e. The van der Waals surface area contributed by atoms with Crippen molar-refractivity contribution in [3.8, 4) is 0 Å². The van der Waals surface area contributed by atoms with Crippen LogP contribution in [0.4, 0.5) is 0 Å². The highest BCUT2D eigenvalue weighted by molar-refractivity contribution is 5.88. The normalized spacial score (nSPS) is 28.2. The number of hydrogen-bond donors (Lipinski definition) is 3. The van der Waals surface area contributed by atoms with Crippen LogP contribution in [0, 0.1) is 5.92 Å². The van der Waals surface area contributed by atoms with Crippen LogP contribution < -0.4 is 5.32 Å². The predicted molar refractivity (Wildman–Crippen MR) is 107 cm³/mol. The number of nitrogens with zero attached hydrogens (tertiary/aromatic N) is 1. The van der Waals surface area contributed by atoms with Gasteiger partial charge >= 0.3 is 11.9 Å². The third-order valence-corrected chi connectivity index (χ3v) is 5.98. The molecule has 5 atom stereocenters. The molecule has 0 unspecified atom stereocenters. The first-order valence-electron chi connectivity index (χ1n) is 12.5. The van der Waals surface area contributed by atoms with Crippen LogP contribution in [0.2, 0.25) is 0 Å². The second-order valence-electron chi connectivity index (χ2n) is 7.87. The summed E-state index contributed by atoms with van der Waals surface area (Å²) >= 11 is 0. The zero-order valence-electron chi connectivity index (χ0n) is 21.4. The summed E-state index contributed by atoms with van der Waals surface area (Å²) < 4.78 is 39.2. The van der Waals surface area contributed by atoms with E-state index in [9.17, 15) is 24.6 Å².